The quantitative estimate of drug-likeness (QED) is 0.685. The Morgan fingerprint density at radius 3 is 3.45 bits per heavy atom. The lowest BCUT2D eigenvalue weighted by Crippen LogP contribution is -1.89. The fraction of sp³-hybridized carbons (Fsp3) is 0.143. The molecule has 2 aliphatic heterocycles. The smallest absolute Gasteiger partial charge is 0.116 e. The van der Waals surface area contributed by atoms with Crippen LogP contribution in [0.2, 0.25) is 0 Å². The number of rotatable bonds is 0. The molecule has 2 aliphatic rings. The Morgan fingerprint density at radius 2 is 2.64 bits per heavy atom. The van der Waals surface area contributed by atoms with E-state index in [1.807, 2.05) is 0 Å². The Hall–Kier alpha value is -0.900. The van der Waals surface area contributed by atoms with Gasteiger partial charge in [0, 0.05) is 9.81 Å². The summed E-state index contributed by atoms with van der Waals surface area (Å²) >= 11 is 3.05. The molecule has 0 aromatic heterocycles. The molecule has 0 aliphatic carbocycles. The molecule has 0 spiro atoms. The molecule has 2 rings (SSSR count). The van der Waals surface area contributed by atoms with Crippen LogP contribution in [0.4, 0.5) is 0 Å². The van der Waals surface area contributed by atoms with E-state index in [2.05, 4.69) is 30.9 Å². The summed E-state index contributed by atoms with van der Waals surface area (Å²) in [5.41, 5.74) is 0.0522. The average molecular weight is 217 g/mol. The molecule has 0 aromatic carbocycles. The number of halogens is 1. The molecule has 0 amide bonds. The molecule has 0 fully saturated rings. The van der Waals surface area contributed by atoms with Crippen molar-refractivity contribution in [3.8, 4) is 11.4 Å². The van der Waals surface area contributed by atoms with Gasteiger partial charge in [-0.15, -0.1) is 0 Å². The standard InChI is InChI=1S/C7H6BrN3/c1-4-7-5(9-3-10-7)2-6(8)11-4/h2-3,11H,1H3/i1D3,2D,3D. The van der Waals surface area contributed by atoms with Gasteiger partial charge >= 0.3 is 0 Å². The summed E-state index contributed by atoms with van der Waals surface area (Å²) in [4.78, 5) is 9.97. The predicted octanol–water partition coefficient (Wildman–Crippen LogP) is 1.98. The van der Waals surface area contributed by atoms with Crippen LogP contribution in [0.15, 0.2) is 16.9 Å². The highest BCUT2D eigenvalue weighted by molar-refractivity contribution is 9.10. The minimum absolute atomic E-state index is 0.00556. The van der Waals surface area contributed by atoms with Gasteiger partial charge in [0.2, 0.25) is 0 Å². The number of hydrogen-bond acceptors (Lipinski definition) is 2. The van der Waals surface area contributed by atoms with Gasteiger partial charge in [-0.3, -0.25) is 0 Å². The lowest BCUT2D eigenvalue weighted by molar-refractivity contribution is 1.14. The molecule has 0 unspecified atom stereocenters. The predicted molar refractivity (Wildman–Crippen MR) is 45.4 cm³/mol. The number of aromatic amines is 1. The molecule has 2 heterocycles. The third-order valence-corrected chi connectivity index (χ3v) is 1.64. The summed E-state index contributed by atoms with van der Waals surface area (Å²) in [5, 5.41) is 0. The summed E-state index contributed by atoms with van der Waals surface area (Å²) in [6.07, 6.45) is -0.291. The molecule has 0 radical (unpaired) electrons. The summed E-state index contributed by atoms with van der Waals surface area (Å²) in [6.45, 7) is -2.38. The Balaban J connectivity index is 2.82. The van der Waals surface area contributed by atoms with Crippen LogP contribution in [0.25, 0.3) is 11.4 Å². The van der Waals surface area contributed by atoms with Crippen molar-refractivity contribution in [1.82, 2.24) is 15.0 Å². The van der Waals surface area contributed by atoms with Gasteiger partial charge in [-0.2, -0.15) is 0 Å². The number of pyridine rings is 1. The van der Waals surface area contributed by atoms with Crippen LogP contribution in [0.5, 0.6) is 0 Å². The fourth-order valence-corrected chi connectivity index (χ4v) is 1.18. The Bertz CT molecular complexity index is 520. The maximum absolute atomic E-state index is 7.66. The van der Waals surface area contributed by atoms with E-state index < -0.39 is 6.85 Å². The Labute approximate surface area is 79.4 Å². The van der Waals surface area contributed by atoms with Gasteiger partial charge in [-0.1, -0.05) is 0 Å². The van der Waals surface area contributed by atoms with Crippen LogP contribution in [-0.4, -0.2) is 15.0 Å². The maximum atomic E-state index is 7.66. The normalized spacial score (nSPS) is 18.5. The first kappa shape index (κ1) is 3.23. The number of fused-ring (bicyclic) bond motifs is 1. The van der Waals surface area contributed by atoms with Crippen LogP contribution in [0, 0.1) is 6.85 Å². The first-order chi connectivity index (χ1) is 7.30. The molecule has 0 aromatic rings. The highest BCUT2D eigenvalue weighted by Gasteiger charge is 2.08. The van der Waals surface area contributed by atoms with Gasteiger partial charge < -0.3 is 4.98 Å². The number of nitrogens with one attached hydrogen (secondary N) is 1. The molecule has 0 bridgehead atoms. The van der Waals surface area contributed by atoms with Gasteiger partial charge in [0.25, 0.3) is 0 Å². The van der Waals surface area contributed by atoms with Crippen LogP contribution in [0.1, 0.15) is 12.5 Å². The van der Waals surface area contributed by atoms with Crippen molar-refractivity contribution in [2.24, 2.45) is 0 Å². The first-order valence-corrected chi connectivity index (χ1v) is 3.63. The topological polar surface area (TPSA) is 41.6 Å². The largest absolute Gasteiger partial charge is 0.351 e. The van der Waals surface area contributed by atoms with E-state index in [9.17, 15) is 0 Å². The van der Waals surface area contributed by atoms with Gasteiger partial charge in [0.1, 0.15) is 13.4 Å². The first-order valence-electron chi connectivity index (χ1n) is 5.33. The lowest BCUT2D eigenvalue weighted by atomic mass is 10.2. The van der Waals surface area contributed by atoms with E-state index in [0.29, 0.717) is 0 Å². The van der Waals surface area contributed by atoms with Crippen LogP contribution in [-0.2, 0) is 0 Å². The monoisotopic (exact) mass is 216 g/mol. The van der Waals surface area contributed by atoms with Crippen molar-refractivity contribution in [3.05, 3.63) is 22.6 Å². The molecule has 4 heteroatoms. The van der Waals surface area contributed by atoms with E-state index in [4.69, 9.17) is 6.85 Å². The zero-order valence-electron chi connectivity index (χ0n) is 10.3. The molecule has 0 saturated heterocycles. The molecular formula is C7H6BrN3. The fourth-order valence-electron chi connectivity index (χ4n) is 0.797. The van der Waals surface area contributed by atoms with Crippen molar-refractivity contribution in [2.75, 3.05) is 0 Å². The number of H-pyrrole nitrogens is 1. The highest BCUT2D eigenvalue weighted by atomic mass is 79.9. The summed E-state index contributed by atoms with van der Waals surface area (Å²) in [6, 6.07) is -0.00556. The molecule has 11 heavy (non-hydrogen) atoms. The summed E-state index contributed by atoms with van der Waals surface area (Å²) in [7, 11) is 0. The van der Waals surface area contributed by atoms with Crippen molar-refractivity contribution >= 4 is 15.9 Å². The molecule has 56 valence electrons. The van der Waals surface area contributed by atoms with Crippen LogP contribution < -0.4 is 0 Å². The minimum Gasteiger partial charge on any atom is -0.351 e. The van der Waals surface area contributed by atoms with Crippen LogP contribution in [0.3, 0.4) is 0 Å². The van der Waals surface area contributed by atoms with E-state index >= 15 is 0 Å². The lowest BCUT2D eigenvalue weighted by Gasteiger charge is -2.01. The third kappa shape index (κ3) is 1.03. The van der Waals surface area contributed by atoms with Crippen molar-refractivity contribution in [1.29, 1.82) is 0 Å². The molecular weight excluding hydrogens is 206 g/mol. The van der Waals surface area contributed by atoms with Gasteiger partial charge in [-0.05, 0) is 28.8 Å². The van der Waals surface area contributed by atoms with Crippen LogP contribution >= 0.6 is 15.9 Å². The van der Waals surface area contributed by atoms with Crippen molar-refractivity contribution in [2.45, 2.75) is 6.85 Å². The maximum Gasteiger partial charge on any atom is 0.116 e. The molecule has 3 nitrogen and oxygen atoms in total. The highest BCUT2D eigenvalue weighted by Crippen LogP contribution is 2.22. The second-order valence-electron chi connectivity index (χ2n) is 1.96. The average Bonchev–Trinajstić information content (AvgIpc) is 2.51. The second kappa shape index (κ2) is 2.30. The van der Waals surface area contributed by atoms with E-state index in [1.54, 1.807) is 0 Å². The summed E-state index contributed by atoms with van der Waals surface area (Å²) < 4.78 is 37.1. The zero-order valence-corrected chi connectivity index (χ0v) is 6.86. The van der Waals surface area contributed by atoms with Crippen molar-refractivity contribution < 1.29 is 6.85 Å². The van der Waals surface area contributed by atoms with Crippen molar-refractivity contribution in [3.63, 3.8) is 0 Å². The number of imidazole rings is 1. The zero-order chi connectivity index (χ0) is 12.1. The molecule has 1 N–H and O–H groups in total. The number of nitrogens with zero attached hydrogens (tertiary/aromatic N) is 2. The van der Waals surface area contributed by atoms with Gasteiger partial charge in [-0.25, -0.2) is 9.97 Å². The Morgan fingerprint density at radius 1 is 1.73 bits per heavy atom. The number of hydrogen-bond donors (Lipinski definition) is 1. The van der Waals surface area contributed by atoms with E-state index in [-0.39, 0.29) is 34.0 Å². The number of aromatic nitrogens is 3. The number of aryl methyl sites for hydroxylation is 1. The van der Waals surface area contributed by atoms with E-state index in [0.717, 1.165) is 0 Å². The van der Waals surface area contributed by atoms with E-state index in [1.165, 1.54) is 0 Å². The molecule has 0 atom stereocenters. The second-order valence-corrected chi connectivity index (χ2v) is 2.75. The van der Waals surface area contributed by atoms with Gasteiger partial charge in [0.05, 0.1) is 11.7 Å². The SMILES string of the molecule is [2H]c1nc2c(C([2H])([2H])[2H])[nH]c(Br)c([2H])c-2n1. The summed E-state index contributed by atoms with van der Waals surface area (Å²) in [5.74, 6) is 0. The molecule has 0 saturated carbocycles. The minimum atomic E-state index is -2.38. The van der Waals surface area contributed by atoms with Gasteiger partial charge in [0.15, 0.2) is 0 Å². The Kier molecular flexibility index (Phi) is 0.676. The third-order valence-electron chi connectivity index (χ3n) is 1.25.